The van der Waals surface area contributed by atoms with E-state index in [1.54, 1.807) is 13.2 Å². The Bertz CT molecular complexity index is 503. The number of methoxy groups -OCH3 is 1. The van der Waals surface area contributed by atoms with Crippen molar-refractivity contribution in [3.63, 3.8) is 0 Å². The Kier molecular flexibility index (Phi) is 6.01. The molecule has 1 atom stereocenters. The van der Waals surface area contributed by atoms with Gasteiger partial charge >= 0.3 is 0 Å². The molecule has 1 aromatic carbocycles. The molecule has 110 valence electrons. The largest absolute Gasteiger partial charge is 0.496 e. The predicted octanol–water partition coefficient (Wildman–Crippen LogP) is 1.63. The van der Waals surface area contributed by atoms with Crippen molar-refractivity contribution in [1.82, 2.24) is 5.32 Å². The molecule has 0 radical (unpaired) electrons. The summed E-state index contributed by atoms with van der Waals surface area (Å²) >= 11 is 3.35. The summed E-state index contributed by atoms with van der Waals surface area (Å²) in [5, 5.41) is 2.65. The molecule has 2 amide bonds. The normalized spacial score (nSPS) is 12.1. The molecule has 0 aliphatic heterocycles. The molecule has 1 rings (SSSR count). The monoisotopic (exact) mass is 342 g/mol. The summed E-state index contributed by atoms with van der Waals surface area (Å²) in [7, 11) is 1.55. The van der Waals surface area contributed by atoms with E-state index in [4.69, 9.17) is 10.5 Å². The second kappa shape index (κ2) is 7.28. The molecule has 5 nitrogen and oxygen atoms in total. The molecule has 0 bridgehead atoms. The van der Waals surface area contributed by atoms with E-state index in [2.05, 4.69) is 21.2 Å². The fourth-order valence-corrected chi connectivity index (χ4v) is 2.26. The average molecular weight is 343 g/mol. The van der Waals surface area contributed by atoms with Crippen LogP contribution in [-0.4, -0.2) is 25.0 Å². The molecule has 0 saturated heterocycles. The summed E-state index contributed by atoms with van der Waals surface area (Å²) in [4.78, 5) is 23.3. The van der Waals surface area contributed by atoms with Crippen LogP contribution in [0.5, 0.6) is 5.75 Å². The van der Waals surface area contributed by atoms with Crippen LogP contribution in [0, 0.1) is 5.92 Å². The van der Waals surface area contributed by atoms with Crippen molar-refractivity contribution in [3.05, 3.63) is 28.2 Å². The highest BCUT2D eigenvalue weighted by atomic mass is 79.9. The van der Waals surface area contributed by atoms with Gasteiger partial charge < -0.3 is 15.8 Å². The lowest BCUT2D eigenvalue weighted by atomic mass is 10.0. The summed E-state index contributed by atoms with van der Waals surface area (Å²) in [5.74, 6) is -0.224. The Morgan fingerprint density at radius 3 is 2.55 bits per heavy atom. The highest BCUT2D eigenvalue weighted by Gasteiger charge is 2.22. The lowest BCUT2D eigenvalue weighted by Gasteiger charge is -2.19. The maximum absolute atomic E-state index is 12.0. The van der Waals surface area contributed by atoms with Gasteiger partial charge in [0, 0.05) is 10.0 Å². The summed E-state index contributed by atoms with van der Waals surface area (Å²) in [6.07, 6.45) is 0.124. The SMILES string of the molecule is COc1ccc(Br)cc1CC(=O)NC(C(N)=O)C(C)C. The Morgan fingerprint density at radius 2 is 2.05 bits per heavy atom. The van der Waals surface area contributed by atoms with Crippen molar-refractivity contribution in [2.24, 2.45) is 11.7 Å². The van der Waals surface area contributed by atoms with Gasteiger partial charge in [0.15, 0.2) is 0 Å². The lowest BCUT2D eigenvalue weighted by molar-refractivity contribution is -0.128. The summed E-state index contributed by atoms with van der Waals surface area (Å²) in [6.45, 7) is 3.66. The molecular formula is C14H19BrN2O3. The van der Waals surface area contributed by atoms with Crippen molar-refractivity contribution in [2.75, 3.05) is 7.11 Å². The Balaban J connectivity index is 2.80. The maximum Gasteiger partial charge on any atom is 0.240 e. The fourth-order valence-electron chi connectivity index (χ4n) is 1.85. The van der Waals surface area contributed by atoms with Crippen LogP contribution in [0.2, 0.25) is 0 Å². The topological polar surface area (TPSA) is 81.4 Å². The number of benzene rings is 1. The molecule has 3 N–H and O–H groups in total. The number of primary amides is 1. The summed E-state index contributed by atoms with van der Waals surface area (Å²) in [6, 6.07) is 4.76. The Labute approximate surface area is 127 Å². The van der Waals surface area contributed by atoms with Crippen molar-refractivity contribution < 1.29 is 14.3 Å². The Morgan fingerprint density at radius 1 is 1.40 bits per heavy atom. The summed E-state index contributed by atoms with van der Waals surface area (Å²) < 4.78 is 6.07. The van der Waals surface area contributed by atoms with Gasteiger partial charge in [-0.25, -0.2) is 0 Å². The van der Waals surface area contributed by atoms with E-state index in [9.17, 15) is 9.59 Å². The quantitative estimate of drug-likeness (QED) is 0.824. The first-order valence-corrected chi connectivity index (χ1v) is 7.05. The number of nitrogens with two attached hydrogens (primary N) is 1. The first kappa shape index (κ1) is 16.5. The van der Waals surface area contributed by atoms with E-state index in [1.165, 1.54) is 0 Å². The molecule has 0 aliphatic carbocycles. The highest BCUT2D eigenvalue weighted by molar-refractivity contribution is 9.10. The second-order valence-electron chi connectivity index (χ2n) is 4.82. The number of ether oxygens (including phenoxy) is 1. The van der Waals surface area contributed by atoms with Gasteiger partial charge in [0.25, 0.3) is 0 Å². The third-order valence-electron chi connectivity index (χ3n) is 2.88. The van der Waals surface area contributed by atoms with Gasteiger partial charge in [-0.15, -0.1) is 0 Å². The van der Waals surface area contributed by atoms with Gasteiger partial charge in [0.2, 0.25) is 11.8 Å². The molecule has 0 fully saturated rings. The van der Waals surface area contributed by atoms with Gasteiger partial charge in [0.05, 0.1) is 13.5 Å². The third-order valence-corrected chi connectivity index (χ3v) is 3.38. The van der Waals surface area contributed by atoms with E-state index in [1.807, 2.05) is 26.0 Å². The van der Waals surface area contributed by atoms with Gasteiger partial charge in [-0.3, -0.25) is 9.59 Å². The van der Waals surface area contributed by atoms with Gasteiger partial charge in [-0.05, 0) is 24.1 Å². The van der Waals surface area contributed by atoms with E-state index in [0.717, 1.165) is 10.0 Å². The van der Waals surface area contributed by atoms with Gasteiger partial charge in [-0.1, -0.05) is 29.8 Å². The number of halogens is 1. The fraction of sp³-hybridized carbons (Fsp3) is 0.429. The zero-order valence-electron chi connectivity index (χ0n) is 11.8. The second-order valence-corrected chi connectivity index (χ2v) is 5.74. The number of rotatable bonds is 6. The molecule has 0 heterocycles. The summed E-state index contributed by atoms with van der Waals surface area (Å²) in [5.41, 5.74) is 6.02. The first-order valence-electron chi connectivity index (χ1n) is 6.26. The molecule has 20 heavy (non-hydrogen) atoms. The molecule has 0 aliphatic rings. The Hall–Kier alpha value is -1.56. The van der Waals surface area contributed by atoms with E-state index < -0.39 is 11.9 Å². The smallest absolute Gasteiger partial charge is 0.240 e. The minimum Gasteiger partial charge on any atom is -0.496 e. The van der Waals surface area contributed by atoms with Crippen LogP contribution >= 0.6 is 15.9 Å². The van der Waals surface area contributed by atoms with Crippen LogP contribution in [0.3, 0.4) is 0 Å². The first-order chi connectivity index (χ1) is 9.35. The van der Waals surface area contributed by atoms with E-state index >= 15 is 0 Å². The minimum absolute atomic E-state index is 0.0548. The predicted molar refractivity (Wildman–Crippen MR) is 80.4 cm³/mol. The molecule has 6 heteroatoms. The number of hydrogen-bond donors (Lipinski definition) is 2. The number of carbonyl (C=O) groups is 2. The number of hydrogen-bond acceptors (Lipinski definition) is 3. The molecule has 0 aromatic heterocycles. The van der Waals surface area contributed by atoms with Crippen molar-refractivity contribution >= 4 is 27.7 Å². The van der Waals surface area contributed by atoms with Crippen LogP contribution in [0.25, 0.3) is 0 Å². The number of carbonyl (C=O) groups excluding carboxylic acids is 2. The lowest BCUT2D eigenvalue weighted by Crippen LogP contribution is -2.48. The van der Waals surface area contributed by atoms with E-state index in [0.29, 0.717) is 5.75 Å². The van der Waals surface area contributed by atoms with Crippen LogP contribution in [0.4, 0.5) is 0 Å². The minimum atomic E-state index is -0.666. The van der Waals surface area contributed by atoms with Gasteiger partial charge in [-0.2, -0.15) is 0 Å². The van der Waals surface area contributed by atoms with Crippen molar-refractivity contribution in [2.45, 2.75) is 26.3 Å². The molecule has 0 spiro atoms. The average Bonchev–Trinajstić information content (AvgIpc) is 2.35. The van der Waals surface area contributed by atoms with Crippen LogP contribution in [0.15, 0.2) is 22.7 Å². The van der Waals surface area contributed by atoms with Crippen molar-refractivity contribution in [1.29, 1.82) is 0 Å². The molecule has 0 saturated carbocycles. The van der Waals surface area contributed by atoms with Crippen LogP contribution in [-0.2, 0) is 16.0 Å². The van der Waals surface area contributed by atoms with Crippen LogP contribution < -0.4 is 15.8 Å². The van der Waals surface area contributed by atoms with Gasteiger partial charge in [0.1, 0.15) is 11.8 Å². The molecular weight excluding hydrogens is 324 g/mol. The zero-order valence-corrected chi connectivity index (χ0v) is 13.4. The maximum atomic E-state index is 12.0. The molecule has 1 aromatic rings. The standard InChI is InChI=1S/C14H19BrN2O3/c1-8(2)13(14(16)19)17-12(18)7-9-6-10(15)4-5-11(9)20-3/h4-6,8,13H,7H2,1-3H3,(H2,16,19)(H,17,18). The number of amides is 2. The van der Waals surface area contributed by atoms with Crippen LogP contribution in [0.1, 0.15) is 19.4 Å². The third kappa shape index (κ3) is 4.52. The zero-order chi connectivity index (χ0) is 15.3. The van der Waals surface area contributed by atoms with Crippen molar-refractivity contribution in [3.8, 4) is 5.75 Å². The number of nitrogens with one attached hydrogen (secondary N) is 1. The highest BCUT2D eigenvalue weighted by Crippen LogP contribution is 2.23. The molecule has 1 unspecified atom stereocenters. The van der Waals surface area contributed by atoms with E-state index in [-0.39, 0.29) is 18.2 Å².